The Bertz CT molecular complexity index is 353. The topological polar surface area (TPSA) is 26.0 Å². The van der Waals surface area contributed by atoms with Crippen LogP contribution in [0.2, 0.25) is 0 Å². The van der Waals surface area contributed by atoms with Gasteiger partial charge in [-0.25, -0.2) is 0 Å². The highest BCUT2D eigenvalue weighted by Gasteiger charge is 1.93. The fraction of sp³-hybridized carbons (Fsp3) is 0.333. The second-order valence-corrected chi connectivity index (χ2v) is 3.38. The van der Waals surface area contributed by atoms with Crippen molar-refractivity contribution in [2.75, 3.05) is 0 Å². The van der Waals surface area contributed by atoms with Crippen LogP contribution in [-0.4, -0.2) is 6.04 Å². The van der Waals surface area contributed by atoms with Gasteiger partial charge >= 0.3 is 0 Å². The van der Waals surface area contributed by atoms with Crippen molar-refractivity contribution < 1.29 is 0 Å². The van der Waals surface area contributed by atoms with Gasteiger partial charge in [0.25, 0.3) is 0 Å². The highest BCUT2D eigenvalue weighted by molar-refractivity contribution is 5.42. The Kier molecular flexibility index (Phi) is 3.11. The van der Waals surface area contributed by atoms with Gasteiger partial charge in [0.2, 0.25) is 0 Å². The number of benzene rings is 1. The van der Waals surface area contributed by atoms with Gasteiger partial charge in [-0.15, -0.1) is 0 Å². The predicted octanol–water partition coefficient (Wildman–Crippen LogP) is 2.00. The lowest BCUT2D eigenvalue weighted by Gasteiger charge is -1.99. The van der Waals surface area contributed by atoms with Crippen LogP contribution in [0.25, 0.3) is 0 Å². The summed E-state index contributed by atoms with van der Waals surface area (Å²) in [4.78, 5) is 0. The minimum Gasteiger partial charge on any atom is -0.318 e. The molecule has 0 spiro atoms. The van der Waals surface area contributed by atoms with E-state index in [1.165, 1.54) is 11.1 Å². The van der Waals surface area contributed by atoms with E-state index in [-0.39, 0.29) is 6.04 Å². The number of nitrogens with two attached hydrogens (primary N) is 1. The largest absolute Gasteiger partial charge is 0.318 e. The Morgan fingerprint density at radius 2 is 2.00 bits per heavy atom. The second-order valence-electron chi connectivity index (χ2n) is 3.38. The molecule has 13 heavy (non-hydrogen) atoms. The summed E-state index contributed by atoms with van der Waals surface area (Å²) < 4.78 is 0. The van der Waals surface area contributed by atoms with E-state index in [0.717, 1.165) is 5.56 Å². The highest BCUT2D eigenvalue weighted by atomic mass is 14.6. The molecular weight excluding hydrogens is 158 g/mol. The first-order valence-corrected chi connectivity index (χ1v) is 4.44. The molecule has 2 N–H and O–H groups in total. The SMILES string of the molecule is Cc1ccc(C#CC(C)N)c(C)c1. The van der Waals surface area contributed by atoms with Crippen molar-refractivity contribution in [3.05, 3.63) is 34.9 Å². The molecule has 1 unspecified atom stereocenters. The Labute approximate surface area is 80.0 Å². The van der Waals surface area contributed by atoms with Crippen molar-refractivity contribution in [3.8, 4) is 11.8 Å². The summed E-state index contributed by atoms with van der Waals surface area (Å²) in [6, 6.07) is 6.18. The fourth-order valence-electron chi connectivity index (χ4n) is 1.15. The Morgan fingerprint density at radius 3 is 2.54 bits per heavy atom. The molecule has 68 valence electrons. The van der Waals surface area contributed by atoms with E-state index in [2.05, 4.69) is 37.8 Å². The van der Waals surface area contributed by atoms with Crippen molar-refractivity contribution in [1.82, 2.24) is 0 Å². The van der Waals surface area contributed by atoms with E-state index in [1.807, 2.05) is 13.0 Å². The zero-order valence-corrected chi connectivity index (χ0v) is 8.39. The van der Waals surface area contributed by atoms with E-state index < -0.39 is 0 Å². The zero-order chi connectivity index (χ0) is 9.84. The number of rotatable bonds is 0. The van der Waals surface area contributed by atoms with Crippen molar-refractivity contribution in [2.24, 2.45) is 5.73 Å². The molecule has 0 heterocycles. The minimum absolute atomic E-state index is 0.0549. The molecule has 0 saturated carbocycles. The smallest absolute Gasteiger partial charge is 0.0639 e. The summed E-state index contributed by atoms with van der Waals surface area (Å²) in [5.41, 5.74) is 9.10. The summed E-state index contributed by atoms with van der Waals surface area (Å²) in [7, 11) is 0. The minimum atomic E-state index is -0.0549. The molecule has 0 saturated heterocycles. The molecule has 0 amide bonds. The van der Waals surface area contributed by atoms with Crippen molar-refractivity contribution in [2.45, 2.75) is 26.8 Å². The quantitative estimate of drug-likeness (QED) is 0.597. The van der Waals surface area contributed by atoms with Gasteiger partial charge in [0.1, 0.15) is 0 Å². The molecule has 0 fully saturated rings. The molecular formula is C12H15N. The van der Waals surface area contributed by atoms with Crippen LogP contribution in [0, 0.1) is 25.7 Å². The lowest BCUT2D eigenvalue weighted by Crippen LogP contribution is -2.10. The Morgan fingerprint density at radius 1 is 1.31 bits per heavy atom. The monoisotopic (exact) mass is 173 g/mol. The first kappa shape index (κ1) is 9.83. The summed E-state index contributed by atoms with van der Waals surface area (Å²) in [6.07, 6.45) is 0. The van der Waals surface area contributed by atoms with Gasteiger partial charge in [0, 0.05) is 5.56 Å². The molecule has 0 bridgehead atoms. The average molecular weight is 173 g/mol. The van der Waals surface area contributed by atoms with Crippen molar-refractivity contribution in [3.63, 3.8) is 0 Å². The number of aryl methyl sites for hydroxylation is 2. The maximum Gasteiger partial charge on any atom is 0.0639 e. The van der Waals surface area contributed by atoms with Crippen LogP contribution in [0.1, 0.15) is 23.6 Å². The van der Waals surface area contributed by atoms with Crippen LogP contribution < -0.4 is 5.73 Å². The molecule has 0 radical (unpaired) electrons. The van der Waals surface area contributed by atoms with Gasteiger partial charge in [-0.05, 0) is 32.4 Å². The third kappa shape index (κ3) is 2.93. The van der Waals surface area contributed by atoms with E-state index in [9.17, 15) is 0 Å². The highest BCUT2D eigenvalue weighted by Crippen LogP contribution is 2.08. The van der Waals surface area contributed by atoms with Gasteiger partial charge in [-0.3, -0.25) is 0 Å². The first-order valence-electron chi connectivity index (χ1n) is 4.44. The molecule has 1 aromatic rings. The lowest BCUT2D eigenvalue weighted by molar-refractivity contribution is 0.959. The van der Waals surface area contributed by atoms with E-state index in [4.69, 9.17) is 5.73 Å². The molecule has 1 rings (SSSR count). The lowest BCUT2D eigenvalue weighted by atomic mass is 10.1. The standard InChI is InChI=1S/C12H15N/c1-9-4-6-12(10(2)8-9)7-5-11(3)13/h4,6,8,11H,13H2,1-3H3. The van der Waals surface area contributed by atoms with Gasteiger partial charge in [-0.1, -0.05) is 29.5 Å². The van der Waals surface area contributed by atoms with Crippen LogP contribution in [0.5, 0.6) is 0 Å². The van der Waals surface area contributed by atoms with Crippen LogP contribution in [0.15, 0.2) is 18.2 Å². The average Bonchev–Trinajstić information content (AvgIpc) is 2.02. The second kappa shape index (κ2) is 4.11. The fourth-order valence-corrected chi connectivity index (χ4v) is 1.15. The molecule has 0 aromatic heterocycles. The van der Waals surface area contributed by atoms with Gasteiger partial charge in [0.15, 0.2) is 0 Å². The molecule has 1 nitrogen and oxygen atoms in total. The van der Waals surface area contributed by atoms with Crippen LogP contribution in [-0.2, 0) is 0 Å². The Hall–Kier alpha value is -1.26. The number of hydrogen-bond donors (Lipinski definition) is 1. The summed E-state index contributed by atoms with van der Waals surface area (Å²) in [6.45, 7) is 6.03. The van der Waals surface area contributed by atoms with Crippen LogP contribution in [0.3, 0.4) is 0 Å². The summed E-state index contributed by atoms with van der Waals surface area (Å²) in [5.74, 6) is 6.01. The summed E-state index contributed by atoms with van der Waals surface area (Å²) in [5, 5.41) is 0. The number of hydrogen-bond acceptors (Lipinski definition) is 1. The Balaban J connectivity index is 2.98. The van der Waals surface area contributed by atoms with Crippen molar-refractivity contribution >= 4 is 0 Å². The molecule has 1 atom stereocenters. The van der Waals surface area contributed by atoms with Crippen LogP contribution >= 0.6 is 0 Å². The third-order valence-corrected chi connectivity index (χ3v) is 1.82. The van der Waals surface area contributed by atoms with Crippen molar-refractivity contribution in [1.29, 1.82) is 0 Å². The van der Waals surface area contributed by atoms with Gasteiger partial charge in [0.05, 0.1) is 6.04 Å². The maximum atomic E-state index is 5.55. The molecule has 1 aromatic carbocycles. The molecule has 0 aliphatic heterocycles. The molecule has 1 heteroatoms. The normalized spacial score (nSPS) is 11.7. The third-order valence-electron chi connectivity index (χ3n) is 1.82. The van der Waals surface area contributed by atoms with E-state index >= 15 is 0 Å². The van der Waals surface area contributed by atoms with Gasteiger partial charge in [-0.2, -0.15) is 0 Å². The van der Waals surface area contributed by atoms with Gasteiger partial charge < -0.3 is 5.73 Å². The zero-order valence-electron chi connectivity index (χ0n) is 8.39. The summed E-state index contributed by atoms with van der Waals surface area (Å²) >= 11 is 0. The maximum absolute atomic E-state index is 5.55. The van der Waals surface area contributed by atoms with E-state index in [1.54, 1.807) is 0 Å². The molecule has 0 aliphatic rings. The van der Waals surface area contributed by atoms with E-state index in [0.29, 0.717) is 0 Å². The first-order chi connectivity index (χ1) is 6.09. The van der Waals surface area contributed by atoms with Crippen LogP contribution in [0.4, 0.5) is 0 Å². The molecule has 0 aliphatic carbocycles. The predicted molar refractivity (Wildman–Crippen MR) is 56.4 cm³/mol.